The number of hydrogen-bond donors (Lipinski definition) is 3. The summed E-state index contributed by atoms with van der Waals surface area (Å²) in [5.74, 6) is -0.0855. The third kappa shape index (κ3) is 2.81. The second-order valence-electron chi connectivity index (χ2n) is 5.16. The van der Waals surface area contributed by atoms with E-state index < -0.39 is 0 Å². The van der Waals surface area contributed by atoms with E-state index in [0.29, 0.717) is 6.54 Å². The Hall–Kier alpha value is -1.52. The van der Waals surface area contributed by atoms with E-state index in [1.54, 1.807) is 12.1 Å². The molecule has 20 heavy (non-hydrogen) atoms. The molecule has 1 heterocycles. The molecule has 3 N–H and O–H groups in total. The van der Waals surface area contributed by atoms with Crippen molar-refractivity contribution >= 4 is 0 Å². The van der Waals surface area contributed by atoms with E-state index in [9.17, 15) is 10.2 Å². The molecule has 0 amide bonds. The lowest BCUT2D eigenvalue weighted by atomic mass is 9.91. The Labute approximate surface area is 129 Å². The minimum Gasteiger partial charge on any atom is -1.00 e. The third-order valence-electron chi connectivity index (χ3n) is 3.74. The summed E-state index contributed by atoms with van der Waals surface area (Å²) in [6.45, 7) is 2.79. The monoisotopic (exact) mass is 334 g/mol. The van der Waals surface area contributed by atoms with Crippen molar-refractivity contribution in [2.75, 3.05) is 0 Å². The van der Waals surface area contributed by atoms with Gasteiger partial charge in [-0.1, -0.05) is 29.8 Å². The fourth-order valence-electron chi connectivity index (χ4n) is 2.58. The Morgan fingerprint density at radius 3 is 2.25 bits per heavy atom. The second-order valence-corrected chi connectivity index (χ2v) is 5.16. The summed E-state index contributed by atoms with van der Waals surface area (Å²) >= 11 is 0. The van der Waals surface area contributed by atoms with Crippen molar-refractivity contribution < 1.29 is 27.2 Å². The average molecular weight is 335 g/mol. The molecule has 1 aliphatic rings. The van der Waals surface area contributed by atoms with Crippen LogP contribution in [0.15, 0.2) is 36.4 Å². The van der Waals surface area contributed by atoms with E-state index >= 15 is 0 Å². The van der Waals surface area contributed by atoms with Gasteiger partial charge in [-0.25, -0.2) is 0 Å². The first-order valence-electron chi connectivity index (χ1n) is 6.47. The number of nitrogens with one attached hydrogen (secondary N) is 1. The summed E-state index contributed by atoms with van der Waals surface area (Å²) in [6.07, 6.45) is 0.826. The van der Waals surface area contributed by atoms with Crippen molar-refractivity contribution in [3.05, 3.63) is 58.7 Å². The van der Waals surface area contributed by atoms with Gasteiger partial charge in [0.2, 0.25) is 0 Å². The standard InChI is InChI=1S/C16H17NO2.BrH/c1-10-2-4-11(5-3-10)14-6-12-7-15(18)16(19)8-13(12)9-17-14;/h2-5,7-8,14,17-19H,6,9H2,1H3;1H/p-1. The van der Waals surface area contributed by atoms with Gasteiger partial charge < -0.3 is 32.5 Å². The molecule has 0 spiro atoms. The number of hydrogen-bond acceptors (Lipinski definition) is 3. The first-order chi connectivity index (χ1) is 9.13. The lowest BCUT2D eigenvalue weighted by Gasteiger charge is -2.27. The van der Waals surface area contributed by atoms with Crippen LogP contribution in [0.5, 0.6) is 11.5 Å². The number of halogens is 1. The van der Waals surface area contributed by atoms with E-state index in [4.69, 9.17) is 0 Å². The maximum atomic E-state index is 9.60. The van der Waals surface area contributed by atoms with Crippen molar-refractivity contribution in [3.63, 3.8) is 0 Å². The SMILES string of the molecule is Cc1ccc(C2Cc3cc(O)c(O)cc3CN2)cc1.[Br-]. The van der Waals surface area contributed by atoms with Crippen LogP contribution in [0, 0.1) is 6.92 Å². The van der Waals surface area contributed by atoms with Crippen LogP contribution >= 0.6 is 0 Å². The quantitative estimate of drug-likeness (QED) is 0.633. The third-order valence-corrected chi connectivity index (χ3v) is 3.74. The molecule has 1 unspecified atom stereocenters. The predicted octanol–water partition coefficient (Wildman–Crippen LogP) is -0.203. The van der Waals surface area contributed by atoms with Crippen LogP contribution in [0.2, 0.25) is 0 Å². The molecule has 3 rings (SSSR count). The Bertz CT molecular complexity index is 611. The fraction of sp³-hybridized carbons (Fsp3) is 0.250. The second kappa shape index (κ2) is 5.85. The van der Waals surface area contributed by atoms with Crippen LogP contribution in [0.25, 0.3) is 0 Å². The van der Waals surface area contributed by atoms with Gasteiger partial charge >= 0.3 is 0 Å². The molecule has 0 saturated heterocycles. The lowest BCUT2D eigenvalue weighted by molar-refractivity contribution is -0.00000572. The van der Waals surface area contributed by atoms with Crippen LogP contribution < -0.4 is 22.3 Å². The van der Waals surface area contributed by atoms with Crippen LogP contribution in [-0.4, -0.2) is 10.2 Å². The molecule has 0 aliphatic carbocycles. The summed E-state index contributed by atoms with van der Waals surface area (Å²) in [4.78, 5) is 0. The predicted molar refractivity (Wildman–Crippen MR) is 74.2 cm³/mol. The highest BCUT2D eigenvalue weighted by Gasteiger charge is 2.20. The number of rotatable bonds is 1. The highest BCUT2D eigenvalue weighted by atomic mass is 79.9. The zero-order valence-electron chi connectivity index (χ0n) is 11.2. The first-order valence-corrected chi connectivity index (χ1v) is 6.47. The minimum atomic E-state index is -0.0469. The molecule has 1 aliphatic heterocycles. The van der Waals surface area contributed by atoms with E-state index in [-0.39, 0.29) is 34.5 Å². The van der Waals surface area contributed by atoms with Gasteiger partial charge in [0.05, 0.1) is 0 Å². The number of aryl methyl sites for hydroxylation is 1. The highest BCUT2D eigenvalue weighted by molar-refractivity contribution is 5.47. The summed E-state index contributed by atoms with van der Waals surface area (Å²) in [5.41, 5.74) is 4.66. The molecule has 2 aromatic rings. The zero-order chi connectivity index (χ0) is 13.4. The number of phenolic OH excluding ortho intramolecular Hbond substituents is 2. The largest absolute Gasteiger partial charge is 1.00 e. The normalized spacial score (nSPS) is 17.1. The first kappa shape index (κ1) is 14.9. The van der Waals surface area contributed by atoms with Gasteiger partial charge in [0, 0.05) is 12.6 Å². The fourth-order valence-corrected chi connectivity index (χ4v) is 2.58. The van der Waals surface area contributed by atoms with Gasteiger partial charge in [0.1, 0.15) is 0 Å². The summed E-state index contributed by atoms with van der Waals surface area (Å²) < 4.78 is 0. The van der Waals surface area contributed by atoms with E-state index in [2.05, 4.69) is 36.5 Å². The Kier molecular flexibility index (Phi) is 4.35. The maximum Gasteiger partial charge on any atom is 0.157 e. The molecular formula is C16H17BrNO2-. The molecule has 0 radical (unpaired) electrons. The number of phenols is 2. The van der Waals surface area contributed by atoms with Crippen molar-refractivity contribution in [1.29, 1.82) is 0 Å². The number of benzene rings is 2. The van der Waals surface area contributed by atoms with Crippen molar-refractivity contribution in [3.8, 4) is 11.5 Å². The molecule has 0 fully saturated rings. The van der Waals surface area contributed by atoms with Crippen LogP contribution in [0.1, 0.15) is 28.3 Å². The van der Waals surface area contributed by atoms with E-state index in [1.165, 1.54) is 11.1 Å². The molecule has 4 heteroatoms. The zero-order valence-corrected chi connectivity index (χ0v) is 12.8. The average Bonchev–Trinajstić information content (AvgIpc) is 2.40. The minimum absolute atomic E-state index is 0. The Morgan fingerprint density at radius 2 is 1.60 bits per heavy atom. The molecule has 0 bridgehead atoms. The highest BCUT2D eigenvalue weighted by Crippen LogP contribution is 2.33. The van der Waals surface area contributed by atoms with Gasteiger partial charge in [-0.3, -0.25) is 0 Å². The van der Waals surface area contributed by atoms with E-state index in [0.717, 1.165) is 17.5 Å². The molecule has 106 valence electrons. The number of aromatic hydroxyl groups is 2. The van der Waals surface area contributed by atoms with Gasteiger partial charge in [-0.2, -0.15) is 0 Å². The Morgan fingerprint density at radius 1 is 1.00 bits per heavy atom. The van der Waals surface area contributed by atoms with Crippen molar-refractivity contribution in [2.45, 2.75) is 25.9 Å². The molecule has 0 aromatic heterocycles. The van der Waals surface area contributed by atoms with Crippen LogP contribution in [0.3, 0.4) is 0 Å². The van der Waals surface area contributed by atoms with Gasteiger partial charge in [-0.05, 0) is 42.2 Å². The smallest absolute Gasteiger partial charge is 0.157 e. The van der Waals surface area contributed by atoms with E-state index in [1.807, 2.05) is 0 Å². The maximum absolute atomic E-state index is 9.60. The van der Waals surface area contributed by atoms with Gasteiger partial charge in [0.15, 0.2) is 11.5 Å². The van der Waals surface area contributed by atoms with Crippen LogP contribution in [-0.2, 0) is 13.0 Å². The summed E-state index contributed by atoms with van der Waals surface area (Å²) in [7, 11) is 0. The number of fused-ring (bicyclic) bond motifs is 1. The van der Waals surface area contributed by atoms with Gasteiger partial charge in [0.25, 0.3) is 0 Å². The Balaban J connectivity index is 0.00000147. The van der Waals surface area contributed by atoms with Crippen LogP contribution in [0.4, 0.5) is 0 Å². The molecule has 2 aromatic carbocycles. The topological polar surface area (TPSA) is 52.5 Å². The van der Waals surface area contributed by atoms with Crippen molar-refractivity contribution in [1.82, 2.24) is 5.32 Å². The van der Waals surface area contributed by atoms with Crippen molar-refractivity contribution in [2.24, 2.45) is 0 Å². The summed E-state index contributed by atoms with van der Waals surface area (Å²) in [5, 5.41) is 22.6. The molecule has 1 atom stereocenters. The molecule has 0 saturated carbocycles. The molecular weight excluding hydrogens is 318 g/mol. The summed E-state index contributed by atoms with van der Waals surface area (Å²) in [6, 6.07) is 12.1. The van der Waals surface area contributed by atoms with Gasteiger partial charge in [-0.15, -0.1) is 0 Å². The molecule has 3 nitrogen and oxygen atoms in total. The lowest BCUT2D eigenvalue weighted by Crippen LogP contribution is -3.00.